The zero-order chi connectivity index (χ0) is 18.6. The molecule has 1 aliphatic carbocycles. The molecule has 1 fully saturated rings. The Morgan fingerprint density at radius 1 is 1.32 bits per heavy atom. The van der Waals surface area contributed by atoms with Crippen LogP contribution in [0, 0.1) is 5.92 Å². The highest BCUT2D eigenvalue weighted by Crippen LogP contribution is 2.60. The maximum Gasteiger partial charge on any atom is 0.313 e. The molecule has 0 amide bonds. The third-order valence-corrected chi connectivity index (χ3v) is 10.5. The minimum absolute atomic E-state index is 0.0124. The van der Waals surface area contributed by atoms with Crippen LogP contribution in [0.3, 0.4) is 0 Å². The molecule has 138 valence electrons. The highest BCUT2D eigenvalue weighted by molar-refractivity contribution is 6.74. The average molecular weight is 363 g/mol. The summed E-state index contributed by atoms with van der Waals surface area (Å²) in [6.45, 7) is 15.6. The number of rotatable bonds is 5. The summed E-state index contributed by atoms with van der Waals surface area (Å²) in [6, 6.07) is 6.12. The van der Waals surface area contributed by atoms with Crippen molar-refractivity contribution in [3.05, 3.63) is 29.3 Å². The molecule has 1 aromatic carbocycles. The molecule has 1 aromatic rings. The van der Waals surface area contributed by atoms with Crippen molar-refractivity contribution in [3.63, 3.8) is 0 Å². The molecule has 0 saturated heterocycles. The molecule has 4 nitrogen and oxygen atoms in total. The Hall–Kier alpha value is -1.33. The van der Waals surface area contributed by atoms with E-state index in [4.69, 9.17) is 13.9 Å². The van der Waals surface area contributed by atoms with E-state index in [9.17, 15) is 4.79 Å². The molecule has 1 aliphatic heterocycles. The minimum atomic E-state index is -1.88. The van der Waals surface area contributed by atoms with Gasteiger partial charge in [-0.3, -0.25) is 4.79 Å². The van der Waals surface area contributed by atoms with Crippen LogP contribution in [0.1, 0.15) is 57.8 Å². The van der Waals surface area contributed by atoms with Crippen LogP contribution in [0.4, 0.5) is 0 Å². The Morgan fingerprint density at radius 2 is 2.00 bits per heavy atom. The molecule has 4 atom stereocenters. The normalized spacial score (nSPS) is 25.6. The Labute approximate surface area is 152 Å². The number of hydrogen-bond acceptors (Lipinski definition) is 4. The van der Waals surface area contributed by atoms with Crippen molar-refractivity contribution in [2.24, 2.45) is 5.92 Å². The third-order valence-electron chi connectivity index (χ3n) is 5.92. The van der Waals surface area contributed by atoms with Gasteiger partial charge in [-0.15, -0.1) is 0 Å². The zero-order valence-electron chi connectivity index (χ0n) is 16.4. The SMILES string of the molecule is CCOC(=O)[C@@H]1[C@H]2Oc3cccc([C@@H](C)O[Si](C)(C)C(C)(C)C)c3[C@H]21. The Balaban J connectivity index is 1.84. The number of hydrogen-bond donors (Lipinski definition) is 0. The van der Waals surface area contributed by atoms with Crippen molar-refractivity contribution in [1.29, 1.82) is 0 Å². The molecule has 1 saturated carbocycles. The van der Waals surface area contributed by atoms with Crippen LogP contribution in [0.25, 0.3) is 0 Å². The van der Waals surface area contributed by atoms with Crippen LogP contribution in [-0.2, 0) is 14.0 Å². The molecule has 5 heteroatoms. The highest BCUT2D eigenvalue weighted by Gasteiger charge is 2.64. The molecule has 1 heterocycles. The van der Waals surface area contributed by atoms with E-state index >= 15 is 0 Å². The molecule has 0 aromatic heterocycles. The highest BCUT2D eigenvalue weighted by atomic mass is 28.4. The smallest absolute Gasteiger partial charge is 0.313 e. The number of carbonyl (C=O) groups excluding carboxylic acids is 1. The van der Waals surface area contributed by atoms with Gasteiger partial charge in [0.2, 0.25) is 0 Å². The Kier molecular flexibility index (Phi) is 4.53. The lowest BCUT2D eigenvalue weighted by Crippen LogP contribution is -2.41. The van der Waals surface area contributed by atoms with E-state index in [1.165, 1.54) is 0 Å². The number of benzene rings is 1. The van der Waals surface area contributed by atoms with Crippen molar-refractivity contribution in [3.8, 4) is 5.75 Å². The standard InChI is InChI=1S/C20H30O4Si/c1-8-22-19(21)17-16-15-13(10-9-11-14(15)23-18(16)17)12(2)24-25(6,7)20(3,4)5/h9-12,16-18H,8H2,1-7H3/t12-,16+,17+,18+/m1/s1. The fraction of sp³-hybridized carbons (Fsp3) is 0.650. The molecule has 0 unspecified atom stereocenters. The Morgan fingerprint density at radius 3 is 2.60 bits per heavy atom. The maximum absolute atomic E-state index is 12.1. The van der Waals surface area contributed by atoms with Gasteiger partial charge in [-0.05, 0) is 43.6 Å². The first-order valence-electron chi connectivity index (χ1n) is 9.22. The summed E-state index contributed by atoms with van der Waals surface area (Å²) in [5, 5.41) is 0.158. The molecule has 0 spiro atoms. The summed E-state index contributed by atoms with van der Waals surface area (Å²) in [6.07, 6.45) is -0.0723. The van der Waals surface area contributed by atoms with E-state index in [0.717, 1.165) is 16.9 Å². The molecular weight excluding hydrogens is 332 g/mol. The Bertz CT molecular complexity index is 677. The van der Waals surface area contributed by atoms with E-state index in [2.05, 4.69) is 46.9 Å². The molecule has 0 bridgehead atoms. The van der Waals surface area contributed by atoms with Gasteiger partial charge in [0.05, 0.1) is 12.7 Å². The van der Waals surface area contributed by atoms with E-state index < -0.39 is 8.32 Å². The van der Waals surface area contributed by atoms with Crippen LogP contribution < -0.4 is 4.74 Å². The predicted octanol–water partition coefficient (Wildman–Crippen LogP) is 4.81. The van der Waals surface area contributed by atoms with Gasteiger partial charge in [-0.1, -0.05) is 32.9 Å². The quantitative estimate of drug-likeness (QED) is 0.557. The third kappa shape index (κ3) is 3.12. The lowest BCUT2D eigenvalue weighted by atomic mass is 9.98. The summed E-state index contributed by atoms with van der Waals surface area (Å²) in [5.74, 6) is 0.721. The number of fused-ring (bicyclic) bond motifs is 3. The van der Waals surface area contributed by atoms with Gasteiger partial charge in [-0.25, -0.2) is 0 Å². The van der Waals surface area contributed by atoms with E-state index in [1.807, 2.05) is 19.1 Å². The van der Waals surface area contributed by atoms with Gasteiger partial charge in [0.1, 0.15) is 17.8 Å². The average Bonchev–Trinajstić information content (AvgIpc) is 3.07. The number of ether oxygens (including phenoxy) is 2. The largest absolute Gasteiger partial charge is 0.489 e. The van der Waals surface area contributed by atoms with Crippen LogP contribution in [0.15, 0.2) is 18.2 Å². The summed E-state index contributed by atoms with van der Waals surface area (Å²) in [5.41, 5.74) is 2.30. The van der Waals surface area contributed by atoms with Gasteiger partial charge in [0, 0.05) is 11.5 Å². The fourth-order valence-corrected chi connectivity index (χ4v) is 4.86. The van der Waals surface area contributed by atoms with Crippen LogP contribution in [0.5, 0.6) is 5.75 Å². The topological polar surface area (TPSA) is 44.8 Å². The molecule has 25 heavy (non-hydrogen) atoms. The number of esters is 1. The number of carbonyl (C=O) groups is 1. The van der Waals surface area contributed by atoms with Gasteiger partial charge < -0.3 is 13.9 Å². The first-order chi connectivity index (χ1) is 11.6. The van der Waals surface area contributed by atoms with E-state index in [1.54, 1.807) is 0 Å². The molecule has 0 N–H and O–H groups in total. The van der Waals surface area contributed by atoms with Crippen LogP contribution in [0.2, 0.25) is 18.1 Å². The summed E-state index contributed by atoms with van der Waals surface area (Å²) >= 11 is 0. The summed E-state index contributed by atoms with van der Waals surface area (Å²) in [4.78, 5) is 12.1. The van der Waals surface area contributed by atoms with Crippen LogP contribution in [-0.4, -0.2) is 27.0 Å². The summed E-state index contributed by atoms with van der Waals surface area (Å²) in [7, 11) is -1.88. The second-order valence-corrected chi connectivity index (χ2v) is 13.4. The molecular formula is C20H30O4Si. The summed E-state index contributed by atoms with van der Waals surface area (Å²) < 4.78 is 17.8. The lowest BCUT2D eigenvalue weighted by Gasteiger charge is -2.39. The molecule has 2 aliphatic rings. The van der Waals surface area contributed by atoms with E-state index in [0.29, 0.717) is 6.61 Å². The van der Waals surface area contributed by atoms with Crippen molar-refractivity contribution < 1.29 is 18.7 Å². The second kappa shape index (κ2) is 6.13. The van der Waals surface area contributed by atoms with Crippen molar-refractivity contribution in [1.82, 2.24) is 0 Å². The second-order valence-electron chi connectivity index (χ2n) is 8.67. The van der Waals surface area contributed by atoms with Gasteiger partial charge in [0.15, 0.2) is 8.32 Å². The predicted molar refractivity (Wildman–Crippen MR) is 100 cm³/mol. The van der Waals surface area contributed by atoms with Gasteiger partial charge in [0.25, 0.3) is 0 Å². The van der Waals surface area contributed by atoms with Gasteiger partial charge >= 0.3 is 5.97 Å². The van der Waals surface area contributed by atoms with Crippen molar-refractivity contribution in [2.45, 2.75) is 70.9 Å². The van der Waals surface area contributed by atoms with Gasteiger partial charge in [-0.2, -0.15) is 0 Å². The maximum atomic E-state index is 12.1. The first kappa shape index (κ1) is 18.5. The van der Waals surface area contributed by atoms with Crippen molar-refractivity contribution in [2.75, 3.05) is 6.61 Å². The lowest BCUT2D eigenvalue weighted by molar-refractivity contribution is -0.145. The first-order valence-corrected chi connectivity index (χ1v) is 12.1. The molecule has 0 radical (unpaired) electrons. The van der Waals surface area contributed by atoms with Crippen LogP contribution >= 0.6 is 0 Å². The monoisotopic (exact) mass is 362 g/mol. The fourth-order valence-electron chi connectivity index (χ4n) is 3.50. The zero-order valence-corrected chi connectivity index (χ0v) is 17.4. The minimum Gasteiger partial charge on any atom is -0.489 e. The van der Waals surface area contributed by atoms with Crippen molar-refractivity contribution >= 4 is 14.3 Å². The molecule has 3 rings (SSSR count). The van der Waals surface area contributed by atoms with E-state index in [-0.39, 0.29) is 35.1 Å².